The minimum Gasteiger partial charge on any atom is -0.277 e. The maximum Gasteiger partial charge on any atom is 0.278 e. The Kier molecular flexibility index (Phi) is 3.78. The molecular formula is C15H17N3O2. The molecule has 0 unspecified atom stereocenters. The zero-order valence-electron chi connectivity index (χ0n) is 11.1. The van der Waals surface area contributed by atoms with Crippen LogP contribution in [0.1, 0.15) is 36.0 Å². The number of carbonyl (C=O) groups is 1. The predicted molar refractivity (Wildman–Crippen MR) is 74.8 cm³/mol. The van der Waals surface area contributed by atoms with E-state index in [-0.39, 0.29) is 12.0 Å². The molecule has 1 aliphatic carbocycles. The lowest BCUT2D eigenvalue weighted by Gasteiger charge is -2.11. The summed E-state index contributed by atoms with van der Waals surface area (Å²) in [6.45, 7) is 0. The van der Waals surface area contributed by atoms with Crippen LogP contribution in [0.15, 0.2) is 36.5 Å². The predicted octanol–water partition coefficient (Wildman–Crippen LogP) is 2.68. The second-order valence-corrected chi connectivity index (χ2v) is 4.98. The Morgan fingerprint density at radius 1 is 1.25 bits per heavy atom. The molecule has 1 aromatic heterocycles. The molecule has 1 saturated carbocycles. The van der Waals surface area contributed by atoms with E-state index in [1.807, 2.05) is 30.3 Å². The second kappa shape index (κ2) is 5.88. The van der Waals surface area contributed by atoms with E-state index in [4.69, 9.17) is 4.84 Å². The quantitative estimate of drug-likeness (QED) is 0.840. The highest BCUT2D eigenvalue weighted by molar-refractivity contribution is 5.99. The van der Waals surface area contributed by atoms with Crippen LogP contribution in [0.4, 0.5) is 0 Å². The Hall–Kier alpha value is -2.14. The number of carbonyl (C=O) groups excluding carboxylic acids is 1. The number of aromatic amines is 1. The SMILES string of the molecule is O=C(NOC1CCCC1)c1cn[nH]c1-c1ccccc1. The van der Waals surface area contributed by atoms with Crippen LogP contribution in [-0.4, -0.2) is 22.2 Å². The summed E-state index contributed by atoms with van der Waals surface area (Å²) in [6, 6.07) is 9.65. The van der Waals surface area contributed by atoms with Gasteiger partial charge in [0.15, 0.2) is 0 Å². The molecule has 2 N–H and O–H groups in total. The molecule has 104 valence electrons. The summed E-state index contributed by atoms with van der Waals surface area (Å²) in [7, 11) is 0. The fraction of sp³-hybridized carbons (Fsp3) is 0.333. The van der Waals surface area contributed by atoms with Crippen molar-refractivity contribution in [1.29, 1.82) is 0 Å². The third-order valence-corrected chi connectivity index (χ3v) is 3.57. The molecule has 1 heterocycles. The summed E-state index contributed by atoms with van der Waals surface area (Å²) in [4.78, 5) is 17.6. The van der Waals surface area contributed by atoms with Gasteiger partial charge in [0.05, 0.1) is 23.6 Å². The summed E-state index contributed by atoms with van der Waals surface area (Å²) in [5.41, 5.74) is 4.67. The van der Waals surface area contributed by atoms with Gasteiger partial charge >= 0.3 is 0 Å². The van der Waals surface area contributed by atoms with E-state index in [9.17, 15) is 4.79 Å². The molecule has 1 amide bonds. The minimum absolute atomic E-state index is 0.144. The van der Waals surface area contributed by atoms with E-state index in [0.717, 1.165) is 18.4 Å². The first-order valence-corrected chi connectivity index (χ1v) is 6.89. The summed E-state index contributed by atoms with van der Waals surface area (Å²) < 4.78 is 0. The number of hydroxylamine groups is 1. The maximum atomic E-state index is 12.2. The molecule has 0 aliphatic heterocycles. The van der Waals surface area contributed by atoms with Crippen molar-refractivity contribution in [2.45, 2.75) is 31.8 Å². The van der Waals surface area contributed by atoms with Crippen LogP contribution >= 0.6 is 0 Å². The number of aromatic nitrogens is 2. The summed E-state index contributed by atoms with van der Waals surface area (Å²) in [5, 5.41) is 6.82. The summed E-state index contributed by atoms with van der Waals surface area (Å²) in [5.74, 6) is -0.260. The molecule has 20 heavy (non-hydrogen) atoms. The van der Waals surface area contributed by atoms with Crippen molar-refractivity contribution in [3.63, 3.8) is 0 Å². The minimum atomic E-state index is -0.260. The van der Waals surface area contributed by atoms with E-state index >= 15 is 0 Å². The highest BCUT2D eigenvalue weighted by Gasteiger charge is 2.19. The summed E-state index contributed by atoms with van der Waals surface area (Å²) in [6.07, 6.45) is 6.03. The number of rotatable bonds is 4. The van der Waals surface area contributed by atoms with Crippen molar-refractivity contribution in [3.05, 3.63) is 42.1 Å². The van der Waals surface area contributed by atoms with E-state index in [2.05, 4.69) is 15.7 Å². The van der Waals surface area contributed by atoms with Crippen molar-refractivity contribution < 1.29 is 9.63 Å². The first kappa shape index (κ1) is 12.9. The van der Waals surface area contributed by atoms with Crippen LogP contribution in [0.5, 0.6) is 0 Å². The molecule has 5 nitrogen and oxygen atoms in total. The van der Waals surface area contributed by atoms with Gasteiger partial charge in [0, 0.05) is 5.56 Å². The zero-order valence-corrected chi connectivity index (χ0v) is 11.1. The largest absolute Gasteiger partial charge is 0.278 e. The molecule has 0 saturated heterocycles. The Bertz CT molecular complexity index is 574. The van der Waals surface area contributed by atoms with Gasteiger partial charge in [-0.2, -0.15) is 5.10 Å². The molecule has 3 rings (SSSR count). The third kappa shape index (κ3) is 2.72. The molecule has 1 aromatic carbocycles. The van der Waals surface area contributed by atoms with Gasteiger partial charge in [-0.05, 0) is 12.8 Å². The number of hydrogen-bond acceptors (Lipinski definition) is 3. The molecular weight excluding hydrogens is 254 g/mol. The number of nitrogens with one attached hydrogen (secondary N) is 2. The van der Waals surface area contributed by atoms with Gasteiger partial charge in [-0.15, -0.1) is 0 Å². The van der Waals surface area contributed by atoms with Crippen molar-refractivity contribution in [2.75, 3.05) is 0 Å². The van der Waals surface area contributed by atoms with Crippen molar-refractivity contribution in [3.8, 4) is 11.3 Å². The van der Waals surface area contributed by atoms with Gasteiger partial charge in [0.1, 0.15) is 0 Å². The van der Waals surface area contributed by atoms with Gasteiger partial charge in [-0.3, -0.25) is 14.7 Å². The van der Waals surface area contributed by atoms with Crippen molar-refractivity contribution in [1.82, 2.24) is 15.7 Å². The monoisotopic (exact) mass is 271 g/mol. The molecule has 1 aliphatic rings. The Morgan fingerprint density at radius 3 is 2.75 bits per heavy atom. The molecule has 1 fully saturated rings. The summed E-state index contributed by atoms with van der Waals surface area (Å²) >= 11 is 0. The second-order valence-electron chi connectivity index (χ2n) is 4.98. The molecule has 2 aromatic rings. The van der Waals surface area contributed by atoms with Crippen LogP contribution in [0, 0.1) is 0 Å². The zero-order chi connectivity index (χ0) is 13.8. The number of amides is 1. The lowest BCUT2D eigenvalue weighted by Crippen LogP contribution is -2.28. The standard InChI is InChI=1S/C15H17N3O2/c19-15(18-20-12-8-4-5-9-12)13-10-16-17-14(13)11-6-2-1-3-7-11/h1-3,6-7,10,12H,4-5,8-9H2,(H,16,17)(H,18,19). The normalized spacial score (nSPS) is 15.4. The highest BCUT2D eigenvalue weighted by Crippen LogP contribution is 2.22. The topological polar surface area (TPSA) is 67.0 Å². The smallest absolute Gasteiger partial charge is 0.277 e. The van der Waals surface area contributed by atoms with Crippen LogP contribution in [0.25, 0.3) is 11.3 Å². The first-order chi connectivity index (χ1) is 9.84. The molecule has 0 bridgehead atoms. The van der Waals surface area contributed by atoms with Crippen LogP contribution in [0.3, 0.4) is 0 Å². The van der Waals surface area contributed by atoms with Crippen LogP contribution in [-0.2, 0) is 4.84 Å². The fourth-order valence-electron chi connectivity index (χ4n) is 2.48. The third-order valence-electron chi connectivity index (χ3n) is 3.57. The lowest BCUT2D eigenvalue weighted by atomic mass is 10.1. The van der Waals surface area contributed by atoms with E-state index in [0.29, 0.717) is 11.3 Å². The van der Waals surface area contributed by atoms with E-state index < -0.39 is 0 Å². The Labute approximate surface area is 117 Å². The van der Waals surface area contributed by atoms with Crippen molar-refractivity contribution in [2.24, 2.45) is 0 Å². The molecule has 0 radical (unpaired) electrons. The number of nitrogens with zero attached hydrogens (tertiary/aromatic N) is 1. The lowest BCUT2D eigenvalue weighted by molar-refractivity contribution is -0.0124. The molecule has 5 heteroatoms. The van der Waals surface area contributed by atoms with Gasteiger partial charge in [-0.1, -0.05) is 43.2 Å². The number of H-pyrrole nitrogens is 1. The average molecular weight is 271 g/mol. The van der Waals surface area contributed by atoms with E-state index in [1.54, 1.807) is 0 Å². The Morgan fingerprint density at radius 2 is 2.00 bits per heavy atom. The molecule has 0 spiro atoms. The number of benzene rings is 1. The van der Waals surface area contributed by atoms with E-state index in [1.165, 1.54) is 19.0 Å². The number of hydrogen-bond donors (Lipinski definition) is 2. The average Bonchev–Trinajstić information content (AvgIpc) is 3.17. The van der Waals surface area contributed by atoms with Crippen molar-refractivity contribution >= 4 is 5.91 Å². The Balaban J connectivity index is 1.70. The highest BCUT2D eigenvalue weighted by atomic mass is 16.7. The van der Waals surface area contributed by atoms with Crippen LogP contribution in [0.2, 0.25) is 0 Å². The van der Waals surface area contributed by atoms with Gasteiger partial charge in [0.2, 0.25) is 0 Å². The fourth-order valence-corrected chi connectivity index (χ4v) is 2.48. The van der Waals surface area contributed by atoms with Gasteiger partial charge in [0.25, 0.3) is 5.91 Å². The molecule has 0 atom stereocenters. The van der Waals surface area contributed by atoms with Crippen LogP contribution < -0.4 is 5.48 Å². The first-order valence-electron chi connectivity index (χ1n) is 6.89. The van der Waals surface area contributed by atoms with Gasteiger partial charge in [-0.25, -0.2) is 5.48 Å². The maximum absolute atomic E-state index is 12.2. The van der Waals surface area contributed by atoms with Gasteiger partial charge < -0.3 is 0 Å².